The molecule has 0 bridgehead atoms. The fourth-order valence-electron chi connectivity index (χ4n) is 3.44. The zero-order chi connectivity index (χ0) is 20.0. The summed E-state index contributed by atoms with van der Waals surface area (Å²) in [6.07, 6.45) is -6.66. The van der Waals surface area contributed by atoms with Crippen molar-refractivity contribution in [3.05, 3.63) is 51.5 Å². The first-order chi connectivity index (χ1) is 13.4. The van der Waals surface area contributed by atoms with Gasteiger partial charge in [-0.1, -0.05) is 0 Å². The van der Waals surface area contributed by atoms with E-state index in [1.165, 1.54) is 6.07 Å². The smallest absolute Gasteiger partial charge is 0.130 e. The molecule has 3 unspecified atom stereocenters. The highest BCUT2D eigenvalue weighted by molar-refractivity contribution is 7.26. The maximum Gasteiger partial charge on any atom is 0.130 e. The van der Waals surface area contributed by atoms with Gasteiger partial charge in [0.05, 0.1) is 6.61 Å². The van der Waals surface area contributed by atoms with Crippen LogP contribution in [-0.2, 0) is 11.2 Å². The zero-order valence-electron chi connectivity index (χ0n) is 14.5. The standard InChI is InChI=1S/C19H19FO6S2/c20-11-6-12(22)10(19-18(25)17(24)16(23)13(7-21)26-19)4-8(11)3-9-5-15-14(28-9)1-2-27-15/h1-2,4-6,13,16-19,21-25H,3,7H2/t13?,16-,17?,18-,19?/m1/s1. The van der Waals surface area contributed by atoms with Gasteiger partial charge in [-0.05, 0) is 29.1 Å². The molecule has 3 aromatic rings. The second kappa shape index (κ2) is 7.68. The molecule has 1 saturated heterocycles. The molecule has 0 spiro atoms. The summed E-state index contributed by atoms with van der Waals surface area (Å²) < 4.78 is 22.2. The van der Waals surface area contributed by atoms with E-state index in [-0.39, 0.29) is 5.56 Å². The van der Waals surface area contributed by atoms with Crippen molar-refractivity contribution in [3.8, 4) is 5.75 Å². The SMILES string of the molecule is OCC1OC(c2cc(Cc3cc4sccc4s3)c(F)cc2O)[C@H](O)C(O)[C@@H]1O. The number of aromatic hydroxyl groups is 1. The predicted molar refractivity (Wildman–Crippen MR) is 103 cm³/mol. The van der Waals surface area contributed by atoms with Gasteiger partial charge in [0, 0.05) is 32.3 Å². The quantitative estimate of drug-likeness (QED) is 0.436. The van der Waals surface area contributed by atoms with Gasteiger partial charge in [-0.25, -0.2) is 4.39 Å². The summed E-state index contributed by atoms with van der Waals surface area (Å²) in [6, 6.07) is 6.33. The van der Waals surface area contributed by atoms with Crippen LogP contribution in [0.15, 0.2) is 29.6 Å². The van der Waals surface area contributed by atoms with E-state index in [2.05, 4.69) is 0 Å². The Balaban J connectivity index is 1.67. The van der Waals surface area contributed by atoms with Gasteiger partial charge >= 0.3 is 0 Å². The van der Waals surface area contributed by atoms with Crippen LogP contribution in [0.2, 0.25) is 0 Å². The van der Waals surface area contributed by atoms with Gasteiger partial charge in [-0.3, -0.25) is 0 Å². The number of thiophene rings is 2. The van der Waals surface area contributed by atoms with E-state index in [0.29, 0.717) is 12.0 Å². The van der Waals surface area contributed by atoms with Gasteiger partial charge in [0.25, 0.3) is 0 Å². The van der Waals surface area contributed by atoms with Crippen LogP contribution in [0, 0.1) is 5.82 Å². The monoisotopic (exact) mass is 426 g/mol. The Bertz CT molecular complexity index is 956. The highest BCUT2D eigenvalue weighted by Crippen LogP contribution is 2.39. The van der Waals surface area contributed by atoms with Crippen LogP contribution in [0.3, 0.4) is 0 Å². The van der Waals surface area contributed by atoms with Gasteiger partial charge in [-0.2, -0.15) is 0 Å². The Morgan fingerprint density at radius 3 is 2.54 bits per heavy atom. The third-order valence-corrected chi connectivity index (χ3v) is 7.04. The van der Waals surface area contributed by atoms with Gasteiger partial charge in [0.2, 0.25) is 0 Å². The van der Waals surface area contributed by atoms with Gasteiger partial charge in [0.15, 0.2) is 0 Å². The lowest BCUT2D eigenvalue weighted by Crippen LogP contribution is -2.55. The van der Waals surface area contributed by atoms with Crippen molar-refractivity contribution >= 4 is 32.1 Å². The summed E-state index contributed by atoms with van der Waals surface area (Å²) in [4.78, 5) is 0.950. The Morgan fingerprint density at radius 1 is 1.04 bits per heavy atom. The summed E-state index contributed by atoms with van der Waals surface area (Å²) >= 11 is 3.16. The molecule has 0 saturated carbocycles. The molecule has 5 N–H and O–H groups in total. The fraction of sp³-hybridized carbons (Fsp3) is 0.368. The Kier molecular flexibility index (Phi) is 5.41. The van der Waals surface area contributed by atoms with Crippen LogP contribution in [0.4, 0.5) is 4.39 Å². The lowest BCUT2D eigenvalue weighted by atomic mass is 9.89. The van der Waals surface area contributed by atoms with Crippen LogP contribution in [0.25, 0.3) is 9.40 Å². The summed E-state index contributed by atoms with van der Waals surface area (Å²) in [5.74, 6) is -1.03. The number of ether oxygens (including phenoxy) is 1. The van der Waals surface area contributed by atoms with E-state index < -0.39 is 48.7 Å². The lowest BCUT2D eigenvalue weighted by Gasteiger charge is -2.40. The first-order valence-electron chi connectivity index (χ1n) is 8.66. The molecule has 0 aliphatic carbocycles. The lowest BCUT2D eigenvalue weighted by molar-refractivity contribution is -0.232. The third kappa shape index (κ3) is 3.43. The molecule has 0 radical (unpaired) electrons. The van der Waals surface area contributed by atoms with E-state index in [4.69, 9.17) is 4.74 Å². The minimum Gasteiger partial charge on any atom is -0.507 e. The highest BCUT2D eigenvalue weighted by atomic mass is 32.1. The molecular weight excluding hydrogens is 407 g/mol. The summed E-state index contributed by atoms with van der Waals surface area (Å²) in [5, 5.41) is 51.8. The topological polar surface area (TPSA) is 110 Å². The number of phenolic OH excluding ortho intramolecular Hbond substituents is 1. The molecule has 1 fully saturated rings. The minimum atomic E-state index is -1.58. The van der Waals surface area contributed by atoms with Gasteiger partial charge in [0.1, 0.15) is 42.1 Å². The molecule has 5 atom stereocenters. The third-order valence-electron chi connectivity index (χ3n) is 4.95. The number of benzene rings is 1. The molecule has 1 aliphatic heterocycles. The van der Waals surface area contributed by atoms with Crippen molar-refractivity contribution < 1.29 is 34.7 Å². The fourth-order valence-corrected chi connectivity index (χ4v) is 5.60. The molecule has 9 heteroatoms. The molecule has 150 valence electrons. The molecule has 3 heterocycles. The van der Waals surface area contributed by atoms with E-state index in [1.54, 1.807) is 22.7 Å². The second-order valence-corrected chi connectivity index (χ2v) is 8.91. The van der Waals surface area contributed by atoms with E-state index >= 15 is 0 Å². The van der Waals surface area contributed by atoms with Gasteiger partial charge in [-0.15, -0.1) is 22.7 Å². The normalized spacial score (nSPS) is 28.1. The van der Waals surface area contributed by atoms with E-state index in [1.807, 2.05) is 17.5 Å². The Labute approximate surface area is 167 Å². The van der Waals surface area contributed by atoms with Gasteiger partial charge < -0.3 is 30.3 Å². The van der Waals surface area contributed by atoms with Crippen LogP contribution >= 0.6 is 22.7 Å². The number of fused-ring (bicyclic) bond motifs is 1. The maximum absolute atomic E-state index is 14.5. The summed E-state index contributed by atoms with van der Waals surface area (Å²) in [6.45, 7) is -0.581. The molecule has 1 aliphatic rings. The minimum absolute atomic E-state index is 0.0895. The molecule has 4 rings (SSSR count). The van der Waals surface area contributed by atoms with Crippen molar-refractivity contribution in [2.75, 3.05) is 6.61 Å². The second-order valence-electron chi connectivity index (χ2n) is 6.79. The number of hydrogen-bond acceptors (Lipinski definition) is 8. The average molecular weight is 426 g/mol. The summed E-state index contributed by atoms with van der Waals surface area (Å²) in [7, 11) is 0. The van der Waals surface area contributed by atoms with Crippen molar-refractivity contribution in [1.29, 1.82) is 0 Å². The Morgan fingerprint density at radius 2 is 1.82 bits per heavy atom. The number of rotatable bonds is 4. The first kappa shape index (κ1) is 19.7. The highest BCUT2D eigenvalue weighted by Gasteiger charge is 2.44. The van der Waals surface area contributed by atoms with Crippen molar-refractivity contribution in [2.45, 2.75) is 36.9 Å². The number of aliphatic hydroxyl groups is 4. The number of halogens is 1. The van der Waals surface area contributed by atoms with E-state index in [0.717, 1.165) is 20.3 Å². The molecular formula is C19H19FO6S2. The molecule has 0 amide bonds. The van der Waals surface area contributed by atoms with Crippen molar-refractivity contribution in [2.24, 2.45) is 0 Å². The molecule has 6 nitrogen and oxygen atoms in total. The van der Waals surface area contributed by atoms with Crippen molar-refractivity contribution in [1.82, 2.24) is 0 Å². The molecule has 2 aromatic heterocycles. The summed E-state index contributed by atoms with van der Waals surface area (Å²) in [5.41, 5.74) is 0.394. The molecule has 1 aromatic carbocycles. The number of hydrogen-bond donors (Lipinski definition) is 5. The number of aliphatic hydroxyl groups excluding tert-OH is 4. The largest absolute Gasteiger partial charge is 0.507 e. The average Bonchev–Trinajstić information content (AvgIpc) is 3.24. The number of phenols is 1. The predicted octanol–water partition coefficient (Wildman–Crippen LogP) is 1.91. The Hall–Kier alpha value is -1.59. The van der Waals surface area contributed by atoms with Crippen LogP contribution in [0.5, 0.6) is 5.75 Å². The molecule has 28 heavy (non-hydrogen) atoms. The van der Waals surface area contributed by atoms with Crippen LogP contribution in [0.1, 0.15) is 22.1 Å². The van der Waals surface area contributed by atoms with E-state index in [9.17, 15) is 29.9 Å². The zero-order valence-corrected chi connectivity index (χ0v) is 16.2. The maximum atomic E-state index is 14.5. The van der Waals surface area contributed by atoms with Crippen molar-refractivity contribution in [3.63, 3.8) is 0 Å². The van der Waals surface area contributed by atoms with Crippen LogP contribution in [-0.4, -0.2) is 56.6 Å². The first-order valence-corrected chi connectivity index (χ1v) is 10.4. The van der Waals surface area contributed by atoms with Crippen LogP contribution < -0.4 is 0 Å².